The molecule has 23 heavy (non-hydrogen) atoms. The Morgan fingerprint density at radius 3 is 2.70 bits per heavy atom. The lowest BCUT2D eigenvalue weighted by molar-refractivity contribution is 0.404. The van der Waals surface area contributed by atoms with Crippen molar-refractivity contribution in [2.24, 2.45) is 0 Å². The Labute approximate surface area is 140 Å². The first-order valence-electron chi connectivity index (χ1n) is 6.54. The number of nitrogens with one attached hydrogen (secondary N) is 1. The van der Waals surface area contributed by atoms with Gasteiger partial charge in [-0.05, 0) is 35.9 Å². The zero-order valence-electron chi connectivity index (χ0n) is 11.5. The first-order valence-corrected chi connectivity index (χ1v) is 7.29. The highest BCUT2D eigenvalue weighted by Gasteiger charge is 2.09. The summed E-state index contributed by atoms with van der Waals surface area (Å²) >= 11 is 12.0. The fraction of sp³-hybridized carbons (Fsp3) is 0. The Kier molecular flexibility index (Phi) is 3.98. The number of aromatic nitrogens is 2. The zero-order chi connectivity index (χ0) is 16.6. The Hall–Kier alpha value is -2.50. The first-order chi connectivity index (χ1) is 11.0. The second-order valence-electron chi connectivity index (χ2n) is 4.79. The van der Waals surface area contributed by atoms with E-state index in [-0.39, 0.29) is 27.2 Å². The molecule has 0 radical (unpaired) electrons. The van der Waals surface area contributed by atoms with E-state index in [0.29, 0.717) is 16.5 Å². The summed E-state index contributed by atoms with van der Waals surface area (Å²) in [7, 11) is 0. The minimum Gasteiger partial charge on any atom is -0.504 e. The molecule has 0 saturated heterocycles. The van der Waals surface area contributed by atoms with Gasteiger partial charge in [0.15, 0.2) is 17.3 Å². The van der Waals surface area contributed by atoms with Gasteiger partial charge in [-0.25, -0.2) is 4.98 Å². The second kappa shape index (κ2) is 5.95. The summed E-state index contributed by atoms with van der Waals surface area (Å²) < 4.78 is 0. The molecule has 0 aliphatic heterocycles. The molecule has 2 aromatic carbocycles. The highest BCUT2D eigenvalue weighted by molar-refractivity contribution is 6.50. The third-order valence-electron chi connectivity index (χ3n) is 3.20. The zero-order valence-corrected chi connectivity index (χ0v) is 13.1. The SMILES string of the molecule is O=c1[nH]c(/C(Cl)=C/c2cc(O)c(O)c(Cl)c2)nc2ccccc12. The molecule has 3 rings (SSSR count). The third kappa shape index (κ3) is 3.02. The van der Waals surface area contributed by atoms with Crippen LogP contribution < -0.4 is 5.56 Å². The van der Waals surface area contributed by atoms with E-state index in [1.165, 1.54) is 18.2 Å². The van der Waals surface area contributed by atoms with Crippen LogP contribution in [0.1, 0.15) is 11.4 Å². The number of para-hydroxylation sites is 1. The molecular weight excluding hydrogens is 339 g/mol. The predicted molar refractivity (Wildman–Crippen MR) is 90.9 cm³/mol. The minimum absolute atomic E-state index is 0.0133. The van der Waals surface area contributed by atoms with Crippen LogP contribution in [0.4, 0.5) is 0 Å². The number of hydrogen-bond acceptors (Lipinski definition) is 4. The molecule has 0 amide bonds. The summed E-state index contributed by atoms with van der Waals surface area (Å²) in [6.07, 6.45) is 1.47. The summed E-state index contributed by atoms with van der Waals surface area (Å²) in [4.78, 5) is 18.9. The summed E-state index contributed by atoms with van der Waals surface area (Å²) in [5.74, 6) is -0.579. The van der Waals surface area contributed by atoms with E-state index < -0.39 is 5.75 Å². The van der Waals surface area contributed by atoms with Crippen LogP contribution in [0.5, 0.6) is 11.5 Å². The van der Waals surface area contributed by atoms with Gasteiger partial charge in [-0.15, -0.1) is 0 Å². The molecule has 3 aromatic rings. The molecule has 1 heterocycles. The van der Waals surface area contributed by atoms with Crippen LogP contribution in [0.15, 0.2) is 41.2 Å². The van der Waals surface area contributed by atoms with Crippen molar-refractivity contribution in [3.63, 3.8) is 0 Å². The van der Waals surface area contributed by atoms with Crippen molar-refractivity contribution in [3.05, 3.63) is 63.2 Å². The molecule has 0 aliphatic carbocycles. The number of nitrogens with zero attached hydrogens (tertiary/aromatic N) is 1. The van der Waals surface area contributed by atoms with Gasteiger partial charge in [-0.1, -0.05) is 35.3 Å². The topological polar surface area (TPSA) is 86.2 Å². The quantitative estimate of drug-likeness (QED) is 0.616. The molecule has 5 nitrogen and oxygen atoms in total. The molecule has 0 fully saturated rings. The van der Waals surface area contributed by atoms with Crippen molar-refractivity contribution in [1.82, 2.24) is 9.97 Å². The van der Waals surface area contributed by atoms with Gasteiger partial charge in [0.2, 0.25) is 0 Å². The Bertz CT molecular complexity index is 973. The number of halogens is 2. The monoisotopic (exact) mass is 348 g/mol. The van der Waals surface area contributed by atoms with Gasteiger partial charge in [0.25, 0.3) is 5.56 Å². The van der Waals surface area contributed by atoms with E-state index in [2.05, 4.69) is 9.97 Å². The number of fused-ring (bicyclic) bond motifs is 1. The van der Waals surface area contributed by atoms with Crippen LogP contribution in [-0.2, 0) is 0 Å². The van der Waals surface area contributed by atoms with Crippen LogP contribution in [-0.4, -0.2) is 20.2 Å². The Balaban J connectivity index is 2.10. The number of phenolic OH excluding ortho intramolecular Hbond substituents is 2. The van der Waals surface area contributed by atoms with Gasteiger partial charge in [0.05, 0.1) is 21.0 Å². The maximum absolute atomic E-state index is 12.0. The number of hydrogen-bond donors (Lipinski definition) is 3. The molecule has 0 aliphatic rings. The fourth-order valence-electron chi connectivity index (χ4n) is 2.10. The van der Waals surface area contributed by atoms with E-state index in [9.17, 15) is 15.0 Å². The minimum atomic E-state index is -0.405. The van der Waals surface area contributed by atoms with Crippen molar-refractivity contribution in [2.45, 2.75) is 0 Å². The van der Waals surface area contributed by atoms with E-state index >= 15 is 0 Å². The predicted octanol–water partition coefficient (Wildman–Crippen LogP) is 3.72. The Morgan fingerprint density at radius 1 is 1.22 bits per heavy atom. The van der Waals surface area contributed by atoms with Crippen LogP contribution in [0.25, 0.3) is 22.0 Å². The molecule has 0 atom stereocenters. The number of benzene rings is 2. The molecule has 7 heteroatoms. The van der Waals surface area contributed by atoms with Crippen molar-refractivity contribution in [2.75, 3.05) is 0 Å². The van der Waals surface area contributed by atoms with Gasteiger partial charge in [-0.2, -0.15) is 0 Å². The smallest absolute Gasteiger partial charge is 0.259 e. The third-order valence-corrected chi connectivity index (χ3v) is 3.77. The summed E-state index contributed by atoms with van der Waals surface area (Å²) in [5.41, 5.74) is 0.666. The van der Waals surface area contributed by atoms with Crippen molar-refractivity contribution in [3.8, 4) is 11.5 Å². The van der Waals surface area contributed by atoms with Gasteiger partial charge < -0.3 is 15.2 Å². The van der Waals surface area contributed by atoms with Crippen LogP contribution in [0.3, 0.4) is 0 Å². The second-order valence-corrected chi connectivity index (χ2v) is 5.61. The van der Waals surface area contributed by atoms with Crippen molar-refractivity contribution < 1.29 is 10.2 Å². The molecule has 116 valence electrons. The molecular formula is C16H10Cl2N2O3. The molecule has 1 aromatic heterocycles. The summed E-state index contributed by atoms with van der Waals surface area (Å²) in [5, 5.41) is 19.6. The van der Waals surface area contributed by atoms with Gasteiger partial charge in [-0.3, -0.25) is 4.79 Å². The molecule has 0 saturated carbocycles. The highest BCUT2D eigenvalue weighted by atomic mass is 35.5. The number of aromatic amines is 1. The Morgan fingerprint density at radius 2 is 1.96 bits per heavy atom. The van der Waals surface area contributed by atoms with Gasteiger partial charge >= 0.3 is 0 Å². The average Bonchev–Trinajstić information content (AvgIpc) is 2.52. The average molecular weight is 349 g/mol. The van der Waals surface area contributed by atoms with E-state index in [0.717, 1.165) is 0 Å². The molecule has 0 unspecified atom stereocenters. The summed E-state index contributed by atoms with van der Waals surface area (Å²) in [6.45, 7) is 0. The maximum atomic E-state index is 12.0. The number of aromatic hydroxyl groups is 2. The lowest BCUT2D eigenvalue weighted by Crippen LogP contribution is -2.10. The van der Waals surface area contributed by atoms with Crippen molar-refractivity contribution in [1.29, 1.82) is 0 Å². The van der Waals surface area contributed by atoms with E-state index in [1.54, 1.807) is 24.3 Å². The van der Waals surface area contributed by atoms with Crippen LogP contribution in [0.2, 0.25) is 5.02 Å². The number of rotatable bonds is 2. The van der Waals surface area contributed by atoms with Crippen LogP contribution in [0, 0.1) is 0 Å². The normalized spacial score (nSPS) is 11.8. The summed E-state index contributed by atoms with van der Waals surface area (Å²) in [6, 6.07) is 9.62. The van der Waals surface area contributed by atoms with E-state index in [1.807, 2.05) is 0 Å². The fourth-order valence-corrected chi connectivity index (χ4v) is 2.54. The van der Waals surface area contributed by atoms with Gasteiger partial charge in [0.1, 0.15) is 0 Å². The largest absolute Gasteiger partial charge is 0.504 e. The lowest BCUT2D eigenvalue weighted by atomic mass is 10.2. The van der Waals surface area contributed by atoms with Crippen LogP contribution >= 0.6 is 23.2 Å². The lowest BCUT2D eigenvalue weighted by Gasteiger charge is -2.04. The van der Waals surface area contributed by atoms with Gasteiger partial charge in [0, 0.05) is 0 Å². The first kappa shape index (κ1) is 15.4. The molecule has 3 N–H and O–H groups in total. The van der Waals surface area contributed by atoms with E-state index in [4.69, 9.17) is 23.2 Å². The highest BCUT2D eigenvalue weighted by Crippen LogP contribution is 2.35. The van der Waals surface area contributed by atoms with Crippen molar-refractivity contribution >= 4 is 45.2 Å². The molecule has 0 spiro atoms. The number of H-pyrrole nitrogens is 1. The molecule has 0 bridgehead atoms. The maximum Gasteiger partial charge on any atom is 0.259 e. The number of phenols is 2. The standard InChI is InChI=1S/C16H10Cl2N2O3/c17-10-5-8(7-13(21)14(10)22)6-11(18)15-19-12-4-2-1-3-9(12)16(23)20-15/h1-7,21-22H,(H,19,20,23)/b11-6-.